The molecule has 0 saturated heterocycles. The number of imidazole rings is 1. The Balaban J connectivity index is 1.88. The van der Waals surface area contributed by atoms with E-state index in [4.69, 9.17) is 9.72 Å². The first-order valence-electron chi connectivity index (χ1n) is 7.65. The van der Waals surface area contributed by atoms with E-state index in [9.17, 15) is 9.59 Å². The number of hydrogen-bond donors (Lipinski definition) is 1. The maximum atomic E-state index is 12.2. The molecule has 6 nitrogen and oxygen atoms in total. The standard InChI is InChI=1S/C18H15N3O3/c1-24-18(23)12-7-5-11(6-8-12)16-20-14-4-2-3-13-15(14)21(16)10-9-19-17(13)22/h2-8H,9-10H2,1H3,(H,19,22). The lowest BCUT2D eigenvalue weighted by Gasteiger charge is -2.07. The summed E-state index contributed by atoms with van der Waals surface area (Å²) >= 11 is 0. The van der Waals surface area contributed by atoms with Crippen molar-refractivity contribution in [1.82, 2.24) is 14.9 Å². The van der Waals surface area contributed by atoms with Crippen LogP contribution in [0.15, 0.2) is 42.5 Å². The molecule has 4 rings (SSSR count). The maximum absolute atomic E-state index is 12.2. The van der Waals surface area contributed by atoms with Crippen LogP contribution in [0, 0.1) is 0 Å². The van der Waals surface area contributed by atoms with Crippen molar-refractivity contribution in [2.45, 2.75) is 6.54 Å². The molecule has 0 unspecified atom stereocenters. The Labute approximate surface area is 138 Å². The summed E-state index contributed by atoms with van der Waals surface area (Å²) in [5.41, 5.74) is 3.65. The number of aromatic nitrogens is 2. The smallest absolute Gasteiger partial charge is 0.337 e. The fourth-order valence-corrected chi connectivity index (χ4v) is 3.06. The Morgan fingerprint density at radius 1 is 1.21 bits per heavy atom. The molecule has 0 spiro atoms. The Morgan fingerprint density at radius 2 is 2.00 bits per heavy atom. The number of esters is 1. The molecule has 1 aromatic heterocycles. The quantitative estimate of drug-likeness (QED) is 0.735. The van der Waals surface area contributed by atoms with Crippen LogP contribution in [0.3, 0.4) is 0 Å². The molecule has 0 fully saturated rings. The zero-order valence-corrected chi connectivity index (χ0v) is 13.1. The van der Waals surface area contributed by atoms with Crippen molar-refractivity contribution < 1.29 is 14.3 Å². The summed E-state index contributed by atoms with van der Waals surface area (Å²) in [5, 5.41) is 2.90. The van der Waals surface area contributed by atoms with Gasteiger partial charge in [0, 0.05) is 18.7 Å². The summed E-state index contributed by atoms with van der Waals surface area (Å²) in [5.74, 6) is 0.335. The first kappa shape index (κ1) is 14.4. The van der Waals surface area contributed by atoms with Crippen LogP contribution in [0.2, 0.25) is 0 Å². The predicted octanol–water partition coefficient (Wildman–Crippen LogP) is 2.23. The molecule has 120 valence electrons. The Hall–Kier alpha value is -3.15. The average Bonchev–Trinajstić information content (AvgIpc) is 2.90. The highest BCUT2D eigenvalue weighted by Gasteiger charge is 2.21. The highest BCUT2D eigenvalue weighted by atomic mass is 16.5. The molecule has 3 aromatic rings. The molecule has 0 bridgehead atoms. The van der Waals surface area contributed by atoms with E-state index in [0.29, 0.717) is 24.2 Å². The Morgan fingerprint density at radius 3 is 2.75 bits per heavy atom. The van der Waals surface area contributed by atoms with Gasteiger partial charge >= 0.3 is 5.97 Å². The number of nitrogens with one attached hydrogen (secondary N) is 1. The molecule has 24 heavy (non-hydrogen) atoms. The molecule has 2 aromatic carbocycles. The molecule has 2 heterocycles. The van der Waals surface area contributed by atoms with E-state index in [1.807, 2.05) is 30.3 Å². The van der Waals surface area contributed by atoms with E-state index < -0.39 is 0 Å². The van der Waals surface area contributed by atoms with Gasteiger partial charge in [0.2, 0.25) is 0 Å². The molecule has 0 saturated carbocycles. The van der Waals surface area contributed by atoms with Crippen LogP contribution in [0.4, 0.5) is 0 Å². The zero-order chi connectivity index (χ0) is 16.7. The summed E-state index contributed by atoms with van der Waals surface area (Å²) in [6, 6.07) is 12.7. The molecule has 0 aliphatic carbocycles. The summed E-state index contributed by atoms with van der Waals surface area (Å²) in [6.07, 6.45) is 0. The van der Waals surface area contributed by atoms with Crippen LogP contribution in [0.5, 0.6) is 0 Å². The van der Waals surface area contributed by atoms with Crippen molar-refractivity contribution in [2.24, 2.45) is 0 Å². The van der Waals surface area contributed by atoms with Crippen molar-refractivity contribution >= 4 is 22.9 Å². The molecule has 1 N–H and O–H groups in total. The highest BCUT2D eigenvalue weighted by Crippen LogP contribution is 2.28. The van der Waals surface area contributed by atoms with E-state index >= 15 is 0 Å². The lowest BCUT2D eigenvalue weighted by Crippen LogP contribution is -2.24. The Bertz CT molecular complexity index is 958. The normalized spacial score (nSPS) is 13.5. The number of para-hydroxylation sites is 1. The van der Waals surface area contributed by atoms with Gasteiger partial charge in [0.1, 0.15) is 5.82 Å². The number of ether oxygens (including phenoxy) is 1. The van der Waals surface area contributed by atoms with E-state index in [2.05, 4.69) is 9.88 Å². The van der Waals surface area contributed by atoms with Crippen molar-refractivity contribution in [2.75, 3.05) is 13.7 Å². The monoisotopic (exact) mass is 321 g/mol. The molecule has 0 atom stereocenters. The van der Waals surface area contributed by atoms with Gasteiger partial charge in [-0.3, -0.25) is 4.79 Å². The van der Waals surface area contributed by atoms with Gasteiger partial charge in [-0.25, -0.2) is 9.78 Å². The molecule has 1 aliphatic heterocycles. The van der Waals surface area contributed by atoms with Crippen LogP contribution in [-0.4, -0.2) is 35.1 Å². The van der Waals surface area contributed by atoms with E-state index in [0.717, 1.165) is 22.4 Å². The van der Waals surface area contributed by atoms with Crippen molar-refractivity contribution in [3.8, 4) is 11.4 Å². The zero-order valence-electron chi connectivity index (χ0n) is 13.1. The minimum atomic E-state index is -0.370. The van der Waals surface area contributed by atoms with Gasteiger partial charge in [-0.15, -0.1) is 0 Å². The summed E-state index contributed by atoms with van der Waals surface area (Å²) < 4.78 is 6.77. The third-order valence-corrected chi connectivity index (χ3v) is 4.20. The number of amides is 1. The number of hydrogen-bond acceptors (Lipinski definition) is 4. The van der Waals surface area contributed by atoms with E-state index in [1.54, 1.807) is 12.1 Å². The SMILES string of the molecule is COC(=O)c1ccc(-c2nc3cccc4c3n2CCNC4=O)cc1. The minimum Gasteiger partial charge on any atom is -0.465 e. The second-order valence-corrected chi connectivity index (χ2v) is 5.59. The number of carbonyl (C=O) groups is 2. The molecule has 1 aliphatic rings. The molecule has 0 radical (unpaired) electrons. The van der Waals surface area contributed by atoms with Crippen LogP contribution < -0.4 is 5.32 Å². The van der Waals surface area contributed by atoms with Crippen LogP contribution in [-0.2, 0) is 11.3 Å². The summed E-state index contributed by atoms with van der Waals surface area (Å²) in [6.45, 7) is 1.19. The van der Waals surface area contributed by atoms with Crippen LogP contribution in [0.25, 0.3) is 22.4 Å². The van der Waals surface area contributed by atoms with E-state index in [-0.39, 0.29) is 11.9 Å². The summed E-state index contributed by atoms with van der Waals surface area (Å²) in [7, 11) is 1.36. The molecule has 1 amide bonds. The van der Waals surface area contributed by atoms with Gasteiger partial charge in [0.15, 0.2) is 0 Å². The number of nitrogens with zero attached hydrogens (tertiary/aromatic N) is 2. The van der Waals surface area contributed by atoms with Crippen LogP contribution >= 0.6 is 0 Å². The highest BCUT2D eigenvalue weighted by molar-refractivity contribution is 6.06. The second-order valence-electron chi connectivity index (χ2n) is 5.59. The third kappa shape index (κ3) is 2.15. The largest absolute Gasteiger partial charge is 0.465 e. The summed E-state index contributed by atoms with van der Waals surface area (Å²) in [4.78, 5) is 28.5. The number of rotatable bonds is 2. The van der Waals surface area contributed by atoms with Gasteiger partial charge in [-0.1, -0.05) is 18.2 Å². The van der Waals surface area contributed by atoms with Crippen molar-refractivity contribution in [1.29, 1.82) is 0 Å². The van der Waals surface area contributed by atoms with Gasteiger partial charge in [-0.2, -0.15) is 0 Å². The Kier molecular flexibility index (Phi) is 3.30. The predicted molar refractivity (Wildman–Crippen MR) is 88.8 cm³/mol. The van der Waals surface area contributed by atoms with Gasteiger partial charge in [0.05, 0.1) is 29.3 Å². The maximum Gasteiger partial charge on any atom is 0.337 e. The topological polar surface area (TPSA) is 73.2 Å². The van der Waals surface area contributed by atoms with Crippen LogP contribution in [0.1, 0.15) is 20.7 Å². The first-order valence-corrected chi connectivity index (χ1v) is 7.65. The van der Waals surface area contributed by atoms with Gasteiger partial charge < -0.3 is 14.6 Å². The fourth-order valence-electron chi connectivity index (χ4n) is 3.06. The second kappa shape index (κ2) is 5.49. The fraction of sp³-hybridized carbons (Fsp3) is 0.167. The number of carbonyl (C=O) groups excluding carboxylic acids is 2. The average molecular weight is 321 g/mol. The molecule has 6 heteroatoms. The van der Waals surface area contributed by atoms with Gasteiger partial charge in [0.25, 0.3) is 5.91 Å². The number of benzene rings is 2. The molecular weight excluding hydrogens is 306 g/mol. The van der Waals surface area contributed by atoms with Gasteiger partial charge in [-0.05, 0) is 24.3 Å². The van der Waals surface area contributed by atoms with Crippen molar-refractivity contribution in [3.05, 3.63) is 53.6 Å². The molecular formula is C18H15N3O3. The minimum absolute atomic E-state index is 0.0770. The number of methoxy groups -OCH3 is 1. The first-order chi connectivity index (χ1) is 11.7. The van der Waals surface area contributed by atoms with E-state index in [1.165, 1.54) is 7.11 Å². The lowest BCUT2D eigenvalue weighted by atomic mass is 10.1. The van der Waals surface area contributed by atoms with Crippen molar-refractivity contribution in [3.63, 3.8) is 0 Å². The lowest BCUT2D eigenvalue weighted by molar-refractivity contribution is 0.0600. The third-order valence-electron chi connectivity index (χ3n) is 4.20.